The molecular formula is C26H34N6O. The van der Waals surface area contributed by atoms with E-state index in [1.807, 2.05) is 0 Å². The molecule has 2 aliphatic rings. The van der Waals surface area contributed by atoms with Gasteiger partial charge in [-0.05, 0) is 56.4 Å². The molecule has 3 heterocycles. The maximum absolute atomic E-state index is 5.65. The molecule has 0 bridgehead atoms. The number of ether oxygens (including phenoxy) is 1. The van der Waals surface area contributed by atoms with Crippen molar-refractivity contribution in [3.8, 4) is 0 Å². The molecule has 7 nitrogen and oxygen atoms in total. The second kappa shape index (κ2) is 9.83. The fraction of sp³-hybridized carbons (Fsp3) is 0.462. The topological polar surface area (TPSA) is 65.5 Å². The van der Waals surface area contributed by atoms with Gasteiger partial charge in [0.05, 0.1) is 23.6 Å². The van der Waals surface area contributed by atoms with E-state index in [0.29, 0.717) is 5.92 Å². The van der Waals surface area contributed by atoms with Crippen molar-refractivity contribution >= 4 is 33.8 Å². The number of benzene rings is 2. The van der Waals surface area contributed by atoms with E-state index in [0.717, 1.165) is 68.5 Å². The Morgan fingerprint density at radius 2 is 1.94 bits per heavy atom. The Kier molecular flexibility index (Phi) is 6.48. The first-order valence-electron chi connectivity index (χ1n) is 12.2. The third-order valence-corrected chi connectivity index (χ3v) is 6.89. The van der Waals surface area contributed by atoms with E-state index < -0.39 is 0 Å². The van der Waals surface area contributed by atoms with Crippen molar-refractivity contribution in [1.29, 1.82) is 0 Å². The number of hydrogen-bond acceptors (Lipinski definition) is 7. The van der Waals surface area contributed by atoms with Crippen molar-refractivity contribution in [2.24, 2.45) is 5.92 Å². The predicted octanol–water partition coefficient (Wildman–Crippen LogP) is 4.70. The van der Waals surface area contributed by atoms with E-state index in [4.69, 9.17) is 4.74 Å². The highest BCUT2D eigenvalue weighted by Crippen LogP contribution is 2.36. The number of para-hydroxylation sites is 1. The van der Waals surface area contributed by atoms with Crippen molar-refractivity contribution in [1.82, 2.24) is 9.97 Å². The SMILES string of the molecule is CCOCC1CCN(c2ccccc2CNc2ncnc3cc4c(cc23)NCN4CC)CC1. The van der Waals surface area contributed by atoms with Gasteiger partial charge in [-0.25, -0.2) is 9.97 Å². The van der Waals surface area contributed by atoms with E-state index in [1.54, 1.807) is 6.33 Å². The molecule has 7 heteroatoms. The Morgan fingerprint density at radius 3 is 2.76 bits per heavy atom. The molecule has 1 saturated heterocycles. The Balaban J connectivity index is 1.32. The summed E-state index contributed by atoms with van der Waals surface area (Å²) in [6, 6.07) is 13.1. The summed E-state index contributed by atoms with van der Waals surface area (Å²) in [5, 5.41) is 8.14. The molecule has 2 aliphatic heterocycles. The molecule has 0 atom stereocenters. The molecule has 0 saturated carbocycles. The predicted molar refractivity (Wildman–Crippen MR) is 136 cm³/mol. The van der Waals surface area contributed by atoms with Gasteiger partial charge in [-0.3, -0.25) is 0 Å². The lowest BCUT2D eigenvalue weighted by molar-refractivity contribution is 0.100. The standard InChI is InChI=1S/C26H34N6O/c1-3-31-18-30-23-13-21-22(14-25(23)31)28-17-29-26(21)27-15-20-7-5-6-8-24(20)32-11-9-19(10-12-32)16-33-4-2/h5-8,13-14,17,19,30H,3-4,9-12,15-16,18H2,1-2H3,(H,27,28,29). The van der Waals surface area contributed by atoms with E-state index in [2.05, 4.69) is 80.6 Å². The van der Waals surface area contributed by atoms with Gasteiger partial charge in [0.25, 0.3) is 0 Å². The van der Waals surface area contributed by atoms with Crippen LogP contribution in [0.3, 0.4) is 0 Å². The van der Waals surface area contributed by atoms with Crippen molar-refractivity contribution in [2.45, 2.75) is 33.2 Å². The van der Waals surface area contributed by atoms with Crippen LogP contribution in [0.25, 0.3) is 10.9 Å². The highest BCUT2D eigenvalue weighted by atomic mass is 16.5. The molecule has 0 unspecified atom stereocenters. The molecule has 174 valence electrons. The van der Waals surface area contributed by atoms with Crippen LogP contribution in [0.4, 0.5) is 22.9 Å². The van der Waals surface area contributed by atoms with Crippen LogP contribution >= 0.6 is 0 Å². The molecule has 2 aromatic carbocycles. The summed E-state index contributed by atoms with van der Waals surface area (Å²) in [4.78, 5) is 14.0. The average molecular weight is 447 g/mol. The van der Waals surface area contributed by atoms with Crippen LogP contribution in [-0.4, -0.2) is 49.5 Å². The van der Waals surface area contributed by atoms with Crippen molar-refractivity contribution in [3.05, 3.63) is 48.3 Å². The van der Waals surface area contributed by atoms with Gasteiger partial charge in [0, 0.05) is 50.5 Å². The Morgan fingerprint density at radius 1 is 1.09 bits per heavy atom. The monoisotopic (exact) mass is 446 g/mol. The number of rotatable bonds is 8. The third-order valence-electron chi connectivity index (χ3n) is 6.89. The fourth-order valence-corrected chi connectivity index (χ4v) is 4.96. The maximum Gasteiger partial charge on any atom is 0.137 e. The summed E-state index contributed by atoms with van der Waals surface area (Å²) in [6.45, 7) is 10.6. The van der Waals surface area contributed by atoms with Crippen molar-refractivity contribution < 1.29 is 4.74 Å². The molecule has 0 aliphatic carbocycles. The lowest BCUT2D eigenvalue weighted by atomic mass is 9.96. The largest absolute Gasteiger partial charge is 0.381 e. The molecule has 2 N–H and O–H groups in total. The Hall–Kier alpha value is -3.06. The van der Waals surface area contributed by atoms with Gasteiger partial charge in [-0.2, -0.15) is 0 Å². The molecule has 33 heavy (non-hydrogen) atoms. The van der Waals surface area contributed by atoms with E-state index in [9.17, 15) is 0 Å². The molecule has 0 spiro atoms. The highest BCUT2D eigenvalue weighted by Gasteiger charge is 2.22. The first-order valence-corrected chi connectivity index (χ1v) is 12.2. The quantitative estimate of drug-likeness (QED) is 0.520. The first-order chi connectivity index (χ1) is 16.3. The second-order valence-corrected chi connectivity index (χ2v) is 8.87. The number of anilines is 4. The van der Waals surface area contributed by atoms with Gasteiger partial charge in [0.1, 0.15) is 12.1 Å². The third kappa shape index (κ3) is 4.55. The summed E-state index contributed by atoms with van der Waals surface area (Å²) < 4.78 is 5.65. The number of aromatic nitrogens is 2. The van der Waals surface area contributed by atoms with E-state index in [-0.39, 0.29) is 0 Å². The van der Waals surface area contributed by atoms with Crippen molar-refractivity contribution in [2.75, 3.05) is 60.0 Å². The number of nitrogens with zero attached hydrogens (tertiary/aromatic N) is 4. The average Bonchev–Trinajstić information content (AvgIpc) is 3.27. The zero-order valence-electron chi connectivity index (χ0n) is 19.7. The summed E-state index contributed by atoms with van der Waals surface area (Å²) in [7, 11) is 0. The molecule has 3 aromatic rings. The minimum atomic E-state index is 0.679. The lowest BCUT2D eigenvalue weighted by Gasteiger charge is -2.34. The Bertz CT molecular complexity index is 1100. The molecule has 0 radical (unpaired) electrons. The summed E-state index contributed by atoms with van der Waals surface area (Å²) in [5.74, 6) is 1.56. The van der Waals surface area contributed by atoms with Gasteiger partial charge in [-0.1, -0.05) is 18.2 Å². The van der Waals surface area contributed by atoms with Crippen LogP contribution < -0.4 is 20.4 Å². The maximum atomic E-state index is 5.65. The molecular weight excluding hydrogens is 412 g/mol. The lowest BCUT2D eigenvalue weighted by Crippen LogP contribution is -2.35. The molecule has 5 rings (SSSR count). The number of nitrogens with one attached hydrogen (secondary N) is 2. The second-order valence-electron chi connectivity index (χ2n) is 8.87. The summed E-state index contributed by atoms with van der Waals surface area (Å²) in [6.07, 6.45) is 4.03. The van der Waals surface area contributed by atoms with Gasteiger partial charge in [0.2, 0.25) is 0 Å². The van der Waals surface area contributed by atoms with Crippen LogP contribution in [0.5, 0.6) is 0 Å². The minimum absolute atomic E-state index is 0.679. The zero-order chi connectivity index (χ0) is 22.6. The summed E-state index contributed by atoms with van der Waals surface area (Å²) >= 11 is 0. The number of piperidine rings is 1. The summed E-state index contributed by atoms with van der Waals surface area (Å²) in [5.41, 5.74) is 5.95. The van der Waals surface area contributed by atoms with E-state index >= 15 is 0 Å². The van der Waals surface area contributed by atoms with Crippen LogP contribution in [0.1, 0.15) is 32.3 Å². The van der Waals surface area contributed by atoms with E-state index in [1.165, 1.54) is 29.8 Å². The molecule has 0 amide bonds. The van der Waals surface area contributed by atoms with Gasteiger partial charge < -0.3 is 25.2 Å². The number of fused-ring (bicyclic) bond motifs is 2. The Labute approximate surface area is 196 Å². The smallest absolute Gasteiger partial charge is 0.137 e. The van der Waals surface area contributed by atoms with Crippen LogP contribution in [-0.2, 0) is 11.3 Å². The van der Waals surface area contributed by atoms with Crippen LogP contribution in [0.2, 0.25) is 0 Å². The number of hydrogen-bond donors (Lipinski definition) is 2. The van der Waals surface area contributed by atoms with Gasteiger partial charge in [-0.15, -0.1) is 0 Å². The van der Waals surface area contributed by atoms with Gasteiger partial charge in [0.15, 0.2) is 0 Å². The molecule has 1 fully saturated rings. The van der Waals surface area contributed by atoms with Crippen LogP contribution in [0.15, 0.2) is 42.7 Å². The van der Waals surface area contributed by atoms with Crippen LogP contribution in [0, 0.1) is 5.92 Å². The molecule has 1 aromatic heterocycles. The highest BCUT2D eigenvalue weighted by molar-refractivity contribution is 5.97. The normalized spacial score (nSPS) is 16.2. The minimum Gasteiger partial charge on any atom is -0.381 e. The van der Waals surface area contributed by atoms with Crippen molar-refractivity contribution in [3.63, 3.8) is 0 Å². The zero-order valence-corrected chi connectivity index (χ0v) is 19.7. The fourth-order valence-electron chi connectivity index (χ4n) is 4.96. The van der Waals surface area contributed by atoms with Gasteiger partial charge >= 0.3 is 0 Å². The first kappa shape index (κ1) is 21.8.